The van der Waals surface area contributed by atoms with Crippen LogP contribution in [0.25, 0.3) is 21.9 Å². The van der Waals surface area contributed by atoms with Crippen molar-refractivity contribution < 1.29 is 18.4 Å². The molecule has 0 aliphatic rings. The third-order valence-electron chi connectivity index (χ3n) is 5.46. The third-order valence-corrected chi connectivity index (χ3v) is 5.46. The summed E-state index contributed by atoms with van der Waals surface area (Å²) in [6, 6.07) is 10.8. The maximum absolute atomic E-state index is 12.6. The van der Waals surface area contributed by atoms with Gasteiger partial charge in [0.2, 0.25) is 5.91 Å². The number of benzene rings is 2. The van der Waals surface area contributed by atoms with E-state index in [0.717, 1.165) is 34.2 Å². The fraction of sp³-hybridized carbons (Fsp3) is 0.280. The van der Waals surface area contributed by atoms with E-state index in [1.807, 2.05) is 38.9 Å². The number of nitrogens with zero attached hydrogens (tertiary/aromatic N) is 1. The molecule has 2 aromatic carbocycles. The molecule has 2 heterocycles. The minimum Gasteiger partial charge on any atom is -0.492 e. The van der Waals surface area contributed by atoms with Gasteiger partial charge in [0.15, 0.2) is 0 Å². The first-order valence-corrected chi connectivity index (χ1v) is 10.4. The summed E-state index contributed by atoms with van der Waals surface area (Å²) < 4.78 is 16.7. The quantitative estimate of drug-likeness (QED) is 0.437. The summed E-state index contributed by atoms with van der Waals surface area (Å²) in [5.74, 6) is 0.443. The van der Waals surface area contributed by atoms with Crippen LogP contribution in [-0.4, -0.2) is 38.1 Å². The monoisotopic (exact) mass is 434 g/mol. The fourth-order valence-corrected chi connectivity index (χ4v) is 3.59. The zero-order chi connectivity index (χ0) is 22.8. The van der Waals surface area contributed by atoms with Crippen molar-refractivity contribution in [2.45, 2.75) is 20.3 Å². The summed E-state index contributed by atoms with van der Waals surface area (Å²) in [6.45, 7) is 5.19. The summed E-state index contributed by atoms with van der Waals surface area (Å²) in [4.78, 5) is 27.3. The number of rotatable bonds is 7. The molecule has 4 aromatic rings. The van der Waals surface area contributed by atoms with E-state index in [1.165, 1.54) is 0 Å². The van der Waals surface area contributed by atoms with Gasteiger partial charge in [-0.05, 0) is 69.4 Å². The standard InChI is InChI=1S/C25H26N2O5/c1-15-14-31-22-13-23-20(11-19(15)22)16(2)21(25(29)32-23)12-24(28)26-17-5-7-18(8-6-17)30-10-9-27(3)4/h5-8,11,13-14H,9-10,12H2,1-4H3,(H,26,28). The molecule has 1 amide bonds. The Morgan fingerprint density at radius 2 is 1.81 bits per heavy atom. The van der Waals surface area contributed by atoms with E-state index in [1.54, 1.807) is 36.6 Å². The number of ether oxygens (including phenoxy) is 1. The van der Waals surface area contributed by atoms with Crippen LogP contribution < -0.4 is 15.7 Å². The molecule has 0 saturated heterocycles. The van der Waals surface area contributed by atoms with E-state index < -0.39 is 5.63 Å². The molecule has 0 unspecified atom stereocenters. The van der Waals surface area contributed by atoms with Crippen molar-refractivity contribution in [1.29, 1.82) is 0 Å². The van der Waals surface area contributed by atoms with Crippen molar-refractivity contribution in [3.63, 3.8) is 0 Å². The number of carbonyl (C=O) groups is 1. The normalized spacial score (nSPS) is 11.4. The summed E-state index contributed by atoms with van der Waals surface area (Å²) in [5.41, 5.74) is 3.31. The van der Waals surface area contributed by atoms with Crippen LogP contribution in [0, 0.1) is 13.8 Å². The van der Waals surface area contributed by atoms with Crippen LogP contribution in [0.15, 0.2) is 56.3 Å². The van der Waals surface area contributed by atoms with Crippen molar-refractivity contribution in [2.75, 3.05) is 32.6 Å². The van der Waals surface area contributed by atoms with Crippen molar-refractivity contribution >= 4 is 33.5 Å². The SMILES string of the molecule is Cc1coc2cc3oc(=O)c(CC(=O)Nc4ccc(OCCN(C)C)cc4)c(C)c3cc12. The van der Waals surface area contributed by atoms with Gasteiger partial charge in [-0.1, -0.05) is 0 Å². The lowest BCUT2D eigenvalue weighted by Crippen LogP contribution is -2.20. The number of aryl methyl sites for hydroxylation is 2. The average Bonchev–Trinajstić information content (AvgIpc) is 3.11. The number of amides is 1. The topological polar surface area (TPSA) is 84.9 Å². The van der Waals surface area contributed by atoms with Crippen LogP contribution >= 0.6 is 0 Å². The third kappa shape index (κ3) is 4.53. The largest absolute Gasteiger partial charge is 0.492 e. The molecular weight excluding hydrogens is 408 g/mol. The minimum absolute atomic E-state index is 0.0758. The Kier molecular flexibility index (Phi) is 6.01. The molecule has 4 rings (SSSR count). The van der Waals surface area contributed by atoms with Crippen LogP contribution in [0.4, 0.5) is 5.69 Å². The highest BCUT2D eigenvalue weighted by atomic mass is 16.5. The van der Waals surface area contributed by atoms with Gasteiger partial charge in [0, 0.05) is 29.1 Å². The second-order valence-corrected chi connectivity index (χ2v) is 8.16. The Morgan fingerprint density at radius 3 is 2.53 bits per heavy atom. The number of furan rings is 1. The van der Waals surface area contributed by atoms with Gasteiger partial charge >= 0.3 is 5.63 Å². The lowest BCUT2D eigenvalue weighted by atomic mass is 10.0. The predicted octanol–water partition coefficient (Wildman–Crippen LogP) is 4.28. The molecule has 0 spiro atoms. The number of fused-ring (bicyclic) bond motifs is 2. The molecule has 0 fully saturated rings. The maximum Gasteiger partial charge on any atom is 0.340 e. The van der Waals surface area contributed by atoms with Gasteiger partial charge in [-0.15, -0.1) is 0 Å². The van der Waals surface area contributed by atoms with Crippen LogP contribution in [0.1, 0.15) is 16.7 Å². The summed E-state index contributed by atoms with van der Waals surface area (Å²) in [5, 5.41) is 4.58. The number of carbonyl (C=O) groups excluding carboxylic acids is 1. The molecule has 0 aliphatic carbocycles. The Bertz CT molecular complexity index is 1330. The molecule has 166 valence electrons. The van der Waals surface area contributed by atoms with Crippen LogP contribution in [0.3, 0.4) is 0 Å². The van der Waals surface area contributed by atoms with Gasteiger partial charge in [0.05, 0.1) is 18.2 Å². The Morgan fingerprint density at radius 1 is 1.06 bits per heavy atom. The van der Waals surface area contributed by atoms with E-state index in [2.05, 4.69) is 5.32 Å². The number of likely N-dealkylation sites (N-methyl/N-ethyl adjacent to an activating group) is 1. The van der Waals surface area contributed by atoms with Gasteiger partial charge in [0.25, 0.3) is 0 Å². The average molecular weight is 434 g/mol. The lowest BCUT2D eigenvalue weighted by molar-refractivity contribution is -0.115. The van der Waals surface area contributed by atoms with E-state index in [-0.39, 0.29) is 12.3 Å². The minimum atomic E-state index is -0.516. The van der Waals surface area contributed by atoms with Crippen molar-refractivity contribution in [1.82, 2.24) is 4.90 Å². The molecule has 1 N–H and O–H groups in total. The van der Waals surface area contributed by atoms with Crippen molar-refractivity contribution in [3.05, 3.63) is 69.8 Å². The Hall–Kier alpha value is -3.58. The van der Waals surface area contributed by atoms with E-state index in [9.17, 15) is 9.59 Å². The van der Waals surface area contributed by atoms with Gasteiger partial charge in [-0.3, -0.25) is 4.79 Å². The first-order valence-electron chi connectivity index (χ1n) is 10.4. The second kappa shape index (κ2) is 8.88. The molecular formula is C25H26N2O5. The molecule has 0 aliphatic heterocycles. The number of anilines is 1. The highest BCUT2D eigenvalue weighted by molar-refractivity contribution is 5.97. The smallest absolute Gasteiger partial charge is 0.340 e. The zero-order valence-corrected chi connectivity index (χ0v) is 18.7. The molecule has 32 heavy (non-hydrogen) atoms. The van der Waals surface area contributed by atoms with E-state index in [4.69, 9.17) is 13.6 Å². The van der Waals surface area contributed by atoms with Gasteiger partial charge in [-0.25, -0.2) is 4.79 Å². The van der Waals surface area contributed by atoms with Crippen molar-refractivity contribution in [2.24, 2.45) is 0 Å². The molecule has 2 aromatic heterocycles. The van der Waals surface area contributed by atoms with E-state index in [0.29, 0.717) is 29.0 Å². The molecule has 7 heteroatoms. The Balaban J connectivity index is 1.50. The highest BCUT2D eigenvalue weighted by Crippen LogP contribution is 2.29. The molecule has 0 radical (unpaired) electrons. The maximum atomic E-state index is 12.6. The second-order valence-electron chi connectivity index (χ2n) is 8.16. The van der Waals surface area contributed by atoms with Crippen LogP contribution in [-0.2, 0) is 11.2 Å². The lowest BCUT2D eigenvalue weighted by Gasteiger charge is -2.12. The fourth-order valence-electron chi connectivity index (χ4n) is 3.59. The predicted molar refractivity (Wildman–Crippen MR) is 125 cm³/mol. The molecule has 0 atom stereocenters. The first-order chi connectivity index (χ1) is 15.3. The molecule has 7 nitrogen and oxygen atoms in total. The Labute approximate surface area is 185 Å². The summed E-state index contributed by atoms with van der Waals surface area (Å²) in [6.07, 6.45) is 1.59. The first kappa shape index (κ1) is 21.6. The summed E-state index contributed by atoms with van der Waals surface area (Å²) in [7, 11) is 3.97. The van der Waals surface area contributed by atoms with Gasteiger partial charge in [0.1, 0.15) is 23.5 Å². The zero-order valence-electron chi connectivity index (χ0n) is 18.7. The number of nitrogens with one attached hydrogen (secondary N) is 1. The number of hydrogen-bond acceptors (Lipinski definition) is 6. The van der Waals surface area contributed by atoms with Crippen LogP contribution in [0.2, 0.25) is 0 Å². The van der Waals surface area contributed by atoms with E-state index >= 15 is 0 Å². The molecule has 0 saturated carbocycles. The van der Waals surface area contributed by atoms with Gasteiger partial charge in [-0.2, -0.15) is 0 Å². The number of hydrogen-bond donors (Lipinski definition) is 1. The van der Waals surface area contributed by atoms with Crippen molar-refractivity contribution in [3.8, 4) is 5.75 Å². The van der Waals surface area contributed by atoms with Gasteiger partial charge < -0.3 is 23.8 Å². The highest BCUT2D eigenvalue weighted by Gasteiger charge is 2.17. The summed E-state index contributed by atoms with van der Waals surface area (Å²) >= 11 is 0. The molecule has 0 bridgehead atoms. The van der Waals surface area contributed by atoms with Crippen LogP contribution in [0.5, 0.6) is 5.75 Å².